The van der Waals surface area contributed by atoms with Crippen LogP contribution in [0.4, 0.5) is 11.5 Å². The van der Waals surface area contributed by atoms with Crippen LogP contribution < -0.4 is 15.0 Å². The molecule has 1 aliphatic rings. The van der Waals surface area contributed by atoms with Crippen molar-refractivity contribution < 1.29 is 9.53 Å². The average molecular weight is 402 g/mol. The number of benzene rings is 2. The summed E-state index contributed by atoms with van der Waals surface area (Å²) in [6.07, 6.45) is 5.04. The molecule has 30 heavy (non-hydrogen) atoms. The normalized spacial score (nSPS) is 16.2. The van der Waals surface area contributed by atoms with Crippen molar-refractivity contribution >= 4 is 17.4 Å². The topological polar surface area (TPSA) is 67.4 Å². The van der Waals surface area contributed by atoms with Crippen LogP contribution in [-0.2, 0) is 4.79 Å². The highest BCUT2D eigenvalue weighted by molar-refractivity contribution is 5.94. The minimum Gasteiger partial charge on any atom is -0.436 e. The van der Waals surface area contributed by atoms with E-state index in [9.17, 15) is 4.79 Å². The first kappa shape index (κ1) is 19.9. The van der Waals surface area contributed by atoms with E-state index in [-0.39, 0.29) is 11.8 Å². The van der Waals surface area contributed by atoms with E-state index in [1.165, 1.54) is 5.56 Å². The van der Waals surface area contributed by atoms with Gasteiger partial charge >= 0.3 is 0 Å². The fraction of sp³-hybridized carbons (Fsp3) is 0.292. The van der Waals surface area contributed by atoms with Gasteiger partial charge in [-0.15, -0.1) is 0 Å². The maximum atomic E-state index is 13.0. The molecule has 1 N–H and O–H groups in total. The van der Waals surface area contributed by atoms with Gasteiger partial charge in [0.05, 0.1) is 5.92 Å². The van der Waals surface area contributed by atoms with Crippen molar-refractivity contribution in [2.45, 2.75) is 26.7 Å². The number of rotatable bonds is 5. The minimum atomic E-state index is -0.120. The Morgan fingerprint density at radius 1 is 1.07 bits per heavy atom. The third-order valence-electron chi connectivity index (χ3n) is 5.56. The number of aryl methyl sites for hydroxylation is 1. The second-order valence-electron chi connectivity index (χ2n) is 7.62. The van der Waals surface area contributed by atoms with Crippen LogP contribution in [0.2, 0.25) is 0 Å². The molecule has 0 radical (unpaired) electrons. The van der Waals surface area contributed by atoms with Gasteiger partial charge in [-0.25, -0.2) is 9.97 Å². The van der Waals surface area contributed by atoms with E-state index in [0.717, 1.165) is 30.6 Å². The molecule has 0 bridgehead atoms. The number of hydrogen-bond acceptors (Lipinski definition) is 5. The molecule has 2 aromatic carbocycles. The summed E-state index contributed by atoms with van der Waals surface area (Å²) in [5.41, 5.74) is 3.15. The number of nitrogens with one attached hydrogen (secondary N) is 1. The van der Waals surface area contributed by atoms with Crippen molar-refractivity contribution in [2.75, 3.05) is 23.3 Å². The van der Waals surface area contributed by atoms with Gasteiger partial charge in [0, 0.05) is 31.2 Å². The van der Waals surface area contributed by atoms with Crippen molar-refractivity contribution in [3.05, 3.63) is 72.1 Å². The van der Waals surface area contributed by atoms with E-state index in [4.69, 9.17) is 4.74 Å². The van der Waals surface area contributed by atoms with Gasteiger partial charge in [0.1, 0.15) is 5.75 Å². The number of para-hydroxylation sites is 1. The Labute approximate surface area is 176 Å². The molecular weight excluding hydrogens is 376 g/mol. The van der Waals surface area contributed by atoms with E-state index >= 15 is 0 Å². The molecule has 4 rings (SSSR count). The van der Waals surface area contributed by atoms with Gasteiger partial charge in [-0.3, -0.25) is 4.79 Å². The lowest BCUT2D eigenvalue weighted by Gasteiger charge is -2.33. The van der Waals surface area contributed by atoms with Crippen molar-refractivity contribution in [1.29, 1.82) is 0 Å². The summed E-state index contributed by atoms with van der Waals surface area (Å²) in [7, 11) is 0. The minimum absolute atomic E-state index is 0.0443. The molecule has 0 spiro atoms. The van der Waals surface area contributed by atoms with Crippen LogP contribution in [0.3, 0.4) is 0 Å². The molecule has 6 nitrogen and oxygen atoms in total. The Morgan fingerprint density at radius 2 is 1.87 bits per heavy atom. The monoisotopic (exact) mass is 402 g/mol. The summed E-state index contributed by atoms with van der Waals surface area (Å²) < 4.78 is 5.97. The fourth-order valence-electron chi connectivity index (χ4n) is 3.71. The van der Waals surface area contributed by atoms with Crippen LogP contribution in [-0.4, -0.2) is 29.0 Å². The average Bonchev–Trinajstić information content (AvgIpc) is 2.78. The standard InChI is InChI=1S/C24H26N4O2/c1-17-8-6-12-21(18(17)2)27-23(29)19-9-7-15-28(16-19)22-24(26-14-13-25-22)30-20-10-4-3-5-11-20/h3-6,8,10-14,19H,7,9,15-16H2,1-2H3,(H,27,29). The summed E-state index contributed by atoms with van der Waals surface area (Å²) in [6.45, 7) is 5.48. The van der Waals surface area contributed by atoms with Gasteiger partial charge in [-0.05, 0) is 56.0 Å². The molecule has 1 aliphatic heterocycles. The molecule has 0 saturated carbocycles. The van der Waals surface area contributed by atoms with E-state index in [1.54, 1.807) is 12.4 Å². The van der Waals surface area contributed by atoms with Gasteiger partial charge in [0.25, 0.3) is 5.88 Å². The molecule has 2 heterocycles. The van der Waals surface area contributed by atoms with Gasteiger partial charge in [-0.2, -0.15) is 0 Å². The number of anilines is 2. The quantitative estimate of drug-likeness (QED) is 0.668. The molecule has 3 aromatic rings. The lowest BCUT2D eigenvalue weighted by Crippen LogP contribution is -2.41. The maximum Gasteiger partial charge on any atom is 0.263 e. The number of aromatic nitrogens is 2. The van der Waals surface area contributed by atoms with Crippen molar-refractivity contribution in [1.82, 2.24) is 9.97 Å². The van der Waals surface area contributed by atoms with Gasteiger partial charge in [0.15, 0.2) is 5.82 Å². The van der Waals surface area contributed by atoms with E-state index < -0.39 is 0 Å². The number of carbonyl (C=O) groups excluding carboxylic acids is 1. The zero-order valence-corrected chi connectivity index (χ0v) is 17.3. The van der Waals surface area contributed by atoms with E-state index in [1.807, 2.05) is 49.4 Å². The number of amides is 1. The lowest BCUT2D eigenvalue weighted by molar-refractivity contribution is -0.120. The number of ether oxygens (including phenoxy) is 1. The van der Waals surface area contributed by atoms with Crippen LogP contribution in [0.25, 0.3) is 0 Å². The molecule has 1 atom stereocenters. The summed E-state index contributed by atoms with van der Waals surface area (Å²) in [4.78, 5) is 24.0. The zero-order valence-electron chi connectivity index (χ0n) is 17.3. The highest BCUT2D eigenvalue weighted by atomic mass is 16.5. The van der Waals surface area contributed by atoms with Crippen molar-refractivity contribution in [3.8, 4) is 11.6 Å². The van der Waals surface area contributed by atoms with Crippen LogP contribution in [0.5, 0.6) is 11.6 Å². The first-order chi connectivity index (χ1) is 14.6. The summed E-state index contributed by atoms with van der Waals surface area (Å²) in [6, 6.07) is 15.5. The molecule has 1 fully saturated rings. The molecule has 1 amide bonds. The summed E-state index contributed by atoms with van der Waals surface area (Å²) in [5, 5.41) is 3.11. The molecule has 154 valence electrons. The predicted octanol–water partition coefficient (Wildman–Crippen LogP) is 4.74. The number of hydrogen-bond donors (Lipinski definition) is 1. The van der Waals surface area contributed by atoms with Gasteiger partial charge in [-0.1, -0.05) is 30.3 Å². The second-order valence-corrected chi connectivity index (χ2v) is 7.62. The van der Waals surface area contributed by atoms with Crippen LogP contribution in [0, 0.1) is 19.8 Å². The summed E-state index contributed by atoms with van der Waals surface area (Å²) >= 11 is 0. The van der Waals surface area contributed by atoms with E-state index in [0.29, 0.717) is 24.0 Å². The Kier molecular flexibility index (Phi) is 5.93. The Balaban J connectivity index is 1.49. The number of piperidine rings is 1. The molecule has 6 heteroatoms. The van der Waals surface area contributed by atoms with E-state index in [2.05, 4.69) is 33.2 Å². The van der Waals surface area contributed by atoms with Gasteiger partial charge in [0.2, 0.25) is 5.91 Å². The van der Waals surface area contributed by atoms with Crippen LogP contribution in [0.1, 0.15) is 24.0 Å². The first-order valence-corrected chi connectivity index (χ1v) is 10.3. The highest BCUT2D eigenvalue weighted by Gasteiger charge is 2.29. The van der Waals surface area contributed by atoms with Crippen LogP contribution in [0.15, 0.2) is 60.9 Å². The van der Waals surface area contributed by atoms with Crippen molar-refractivity contribution in [3.63, 3.8) is 0 Å². The molecule has 0 aliphatic carbocycles. The second kappa shape index (κ2) is 8.95. The predicted molar refractivity (Wildman–Crippen MR) is 118 cm³/mol. The lowest BCUT2D eigenvalue weighted by atomic mass is 9.96. The Morgan fingerprint density at radius 3 is 2.70 bits per heavy atom. The Bertz CT molecular complexity index is 1020. The molecule has 1 unspecified atom stereocenters. The zero-order chi connectivity index (χ0) is 20.9. The third-order valence-corrected chi connectivity index (χ3v) is 5.56. The fourth-order valence-corrected chi connectivity index (χ4v) is 3.71. The smallest absolute Gasteiger partial charge is 0.263 e. The SMILES string of the molecule is Cc1cccc(NC(=O)C2CCCN(c3nccnc3Oc3ccccc3)C2)c1C. The molecular formula is C24H26N4O2. The number of carbonyl (C=O) groups is 1. The Hall–Kier alpha value is -3.41. The maximum absolute atomic E-state index is 13.0. The number of nitrogens with zero attached hydrogens (tertiary/aromatic N) is 3. The highest BCUT2D eigenvalue weighted by Crippen LogP contribution is 2.31. The van der Waals surface area contributed by atoms with Crippen LogP contribution >= 0.6 is 0 Å². The first-order valence-electron chi connectivity index (χ1n) is 10.3. The van der Waals surface area contributed by atoms with Crippen molar-refractivity contribution in [2.24, 2.45) is 5.92 Å². The molecule has 1 aromatic heterocycles. The molecule has 1 saturated heterocycles. The third kappa shape index (κ3) is 4.43. The van der Waals surface area contributed by atoms with Gasteiger partial charge < -0.3 is 15.0 Å². The summed E-state index contributed by atoms with van der Waals surface area (Å²) in [5.74, 6) is 1.76. The largest absolute Gasteiger partial charge is 0.436 e.